The third-order valence-electron chi connectivity index (χ3n) is 4.57. The molecule has 3 heterocycles. The number of thiazole rings is 1. The lowest BCUT2D eigenvalue weighted by Crippen LogP contribution is -2.51. The van der Waals surface area contributed by atoms with Gasteiger partial charge in [-0.05, 0) is 31.4 Å². The van der Waals surface area contributed by atoms with Gasteiger partial charge >= 0.3 is 0 Å². The van der Waals surface area contributed by atoms with Crippen molar-refractivity contribution in [1.29, 1.82) is 0 Å². The molecule has 0 unspecified atom stereocenters. The van der Waals surface area contributed by atoms with Gasteiger partial charge in [-0.25, -0.2) is 4.98 Å². The van der Waals surface area contributed by atoms with Crippen molar-refractivity contribution in [1.82, 2.24) is 14.9 Å². The van der Waals surface area contributed by atoms with E-state index < -0.39 is 0 Å². The molecule has 1 aliphatic carbocycles. The van der Waals surface area contributed by atoms with Crippen LogP contribution in [0.4, 0.5) is 0 Å². The number of morpholine rings is 1. The van der Waals surface area contributed by atoms with Crippen LogP contribution in [0.5, 0.6) is 0 Å². The molecule has 23 heavy (non-hydrogen) atoms. The first-order valence-electron chi connectivity index (χ1n) is 8.08. The largest absolute Gasteiger partial charge is 0.374 e. The number of pyridine rings is 1. The van der Waals surface area contributed by atoms with Crippen molar-refractivity contribution in [3.8, 4) is 10.7 Å². The molecule has 2 aliphatic rings. The Hall–Kier alpha value is -1.79. The Morgan fingerprint density at radius 2 is 2.35 bits per heavy atom. The Morgan fingerprint density at radius 3 is 3.22 bits per heavy atom. The molecule has 0 aromatic carbocycles. The van der Waals surface area contributed by atoms with Crippen LogP contribution in [0, 0.1) is 0 Å². The molecule has 120 valence electrons. The highest BCUT2D eigenvalue weighted by atomic mass is 32.1. The molecule has 0 spiro atoms. The smallest absolute Gasteiger partial charge is 0.229 e. The molecule has 1 saturated heterocycles. The fourth-order valence-corrected chi connectivity index (χ4v) is 4.28. The van der Waals surface area contributed by atoms with Crippen LogP contribution >= 0.6 is 11.3 Å². The SMILES string of the molecule is O=C(Cc1csc(-c2ccccn2)n1)N1CCO[C@@H]2CCC[C@H]21. The van der Waals surface area contributed by atoms with Gasteiger partial charge in [0.1, 0.15) is 5.01 Å². The van der Waals surface area contributed by atoms with Gasteiger partial charge in [-0.3, -0.25) is 9.78 Å². The van der Waals surface area contributed by atoms with E-state index in [0.29, 0.717) is 19.6 Å². The summed E-state index contributed by atoms with van der Waals surface area (Å²) in [7, 11) is 0. The molecule has 2 fully saturated rings. The third kappa shape index (κ3) is 3.01. The summed E-state index contributed by atoms with van der Waals surface area (Å²) in [4.78, 5) is 23.6. The quantitative estimate of drug-likeness (QED) is 0.868. The van der Waals surface area contributed by atoms with Crippen molar-refractivity contribution in [3.05, 3.63) is 35.5 Å². The van der Waals surface area contributed by atoms with E-state index in [9.17, 15) is 4.79 Å². The average molecular weight is 329 g/mol. The van der Waals surface area contributed by atoms with Gasteiger partial charge in [-0.15, -0.1) is 11.3 Å². The van der Waals surface area contributed by atoms with Gasteiger partial charge in [0.15, 0.2) is 0 Å². The highest BCUT2D eigenvalue weighted by Gasteiger charge is 2.38. The van der Waals surface area contributed by atoms with E-state index in [1.54, 1.807) is 17.5 Å². The molecule has 6 heteroatoms. The van der Waals surface area contributed by atoms with Gasteiger partial charge in [-0.1, -0.05) is 6.07 Å². The van der Waals surface area contributed by atoms with E-state index in [1.807, 2.05) is 28.5 Å². The minimum absolute atomic E-state index is 0.170. The summed E-state index contributed by atoms with van der Waals surface area (Å²) in [6.07, 6.45) is 5.66. The maximum Gasteiger partial charge on any atom is 0.229 e. The maximum absolute atomic E-state index is 12.7. The number of hydrogen-bond donors (Lipinski definition) is 0. The van der Waals surface area contributed by atoms with Crippen LogP contribution in [0.15, 0.2) is 29.8 Å². The van der Waals surface area contributed by atoms with Crippen LogP contribution in [0.25, 0.3) is 10.7 Å². The molecule has 1 aliphatic heterocycles. The summed E-state index contributed by atoms with van der Waals surface area (Å²) in [5.74, 6) is 0.170. The number of ether oxygens (including phenoxy) is 1. The number of nitrogens with zero attached hydrogens (tertiary/aromatic N) is 3. The molecule has 5 nitrogen and oxygen atoms in total. The molecule has 1 amide bonds. The number of hydrogen-bond acceptors (Lipinski definition) is 5. The van der Waals surface area contributed by atoms with E-state index in [0.717, 1.165) is 35.7 Å². The van der Waals surface area contributed by atoms with Gasteiger partial charge in [0.2, 0.25) is 5.91 Å². The van der Waals surface area contributed by atoms with Crippen LogP contribution in [0.3, 0.4) is 0 Å². The third-order valence-corrected chi connectivity index (χ3v) is 5.48. The highest BCUT2D eigenvalue weighted by molar-refractivity contribution is 7.13. The first-order chi connectivity index (χ1) is 11.3. The van der Waals surface area contributed by atoms with Gasteiger partial charge in [0.05, 0.1) is 36.6 Å². The lowest BCUT2D eigenvalue weighted by Gasteiger charge is -2.37. The van der Waals surface area contributed by atoms with E-state index in [4.69, 9.17) is 4.74 Å². The molecule has 2 atom stereocenters. The number of aromatic nitrogens is 2. The summed E-state index contributed by atoms with van der Waals surface area (Å²) < 4.78 is 5.78. The maximum atomic E-state index is 12.7. The molecule has 0 bridgehead atoms. The van der Waals surface area contributed by atoms with Crippen molar-refractivity contribution >= 4 is 17.2 Å². The lowest BCUT2D eigenvalue weighted by molar-refractivity contribution is -0.143. The van der Waals surface area contributed by atoms with Gasteiger partial charge in [-0.2, -0.15) is 0 Å². The predicted molar refractivity (Wildman–Crippen MR) is 88.1 cm³/mol. The number of carbonyl (C=O) groups excluding carboxylic acids is 1. The molecule has 4 rings (SSSR count). The second-order valence-corrected chi connectivity index (χ2v) is 6.89. The molecule has 2 aromatic heterocycles. The zero-order valence-electron chi connectivity index (χ0n) is 12.9. The van der Waals surface area contributed by atoms with Crippen LogP contribution < -0.4 is 0 Å². The van der Waals surface area contributed by atoms with Crippen LogP contribution in [0.2, 0.25) is 0 Å². The van der Waals surface area contributed by atoms with Crippen molar-refractivity contribution < 1.29 is 9.53 Å². The van der Waals surface area contributed by atoms with E-state index in [1.165, 1.54) is 0 Å². The van der Waals surface area contributed by atoms with Gasteiger partial charge in [0.25, 0.3) is 0 Å². The van der Waals surface area contributed by atoms with E-state index in [2.05, 4.69) is 9.97 Å². The minimum atomic E-state index is 0.170. The second-order valence-electron chi connectivity index (χ2n) is 6.03. The Morgan fingerprint density at radius 1 is 1.39 bits per heavy atom. The average Bonchev–Trinajstić information content (AvgIpc) is 3.24. The van der Waals surface area contributed by atoms with Gasteiger partial charge in [0, 0.05) is 18.1 Å². The fourth-order valence-electron chi connectivity index (χ4n) is 3.49. The van der Waals surface area contributed by atoms with Crippen molar-refractivity contribution in [2.75, 3.05) is 13.2 Å². The first-order valence-corrected chi connectivity index (χ1v) is 8.96. The zero-order chi connectivity index (χ0) is 15.6. The van der Waals surface area contributed by atoms with Crippen LogP contribution in [-0.2, 0) is 16.0 Å². The zero-order valence-corrected chi connectivity index (χ0v) is 13.7. The summed E-state index contributed by atoms with van der Waals surface area (Å²) in [5.41, 5.74) is 1.69. The Bertz CT molecular complexity index is 688. The van der Waals surface area contributed by atoms with Crippen LogP contribution in [0.1, 0.15) is 25.0 Å². The van der Waals surface area contributed by atoms with Gasteiger partial charge < -0.3 is 9.64 Å². The standard InChI is InChI=1S/C17H19N3O2S/c21-16(20-8-9-22-15-6-3-5-14(15)20)10-12-11-23-17(19-12)13-4-1-2-7-18-13/h1-2,4,7,11,14-15H,3,5-6,8-10H2/t14-,15-/m1/s1. The Labute approximate surface area is 139 Å². The molecule has 2 aromatic rings. The van der Waals surface area contributed by atoms with Crippen molar-refractivity contribution in [3.63, 3.8) is 0 Å². The lowest BCUT2D eigenvalue weighted by atomic mass is 10.1. The topological polar surface area (TPSA) is 55.3 Å². The molecule has 1 saturated carbocycles. The molecule has 0 N–H and O–H groups in total. The first kappa shape index (κ1) is 14.8. The molecular formula is C17H19N3O2S. The predicted octanol–water partition coefficient (Wildman–Crippen LogP) is 2.53. The number of carbonyl (C=O) groups is 1. The number of fused-ring (bicyclic) bond motifs is 1. The monoisotopic (exact) mass is 329 g/mol. The fraction of sp³-hybridized carbons (Fsp3) is 0.471. The summed E-state index contributed by atoms with van der Waals surface area (Å²) in [6, 6.07) is 6.04. The minimum Gasteiger partial charge on any atom is -0.374 e. The number of amides is 1. The normalized spacial score (nSPS) is 23.7. The Kier molecular flexibility index (Phi) is 4.10. The molecular weight excluding hydrogens is 310 g/mol. The summed E-state index contributed by atoms with van der Waals surface area (Å²) in [5, 5.41) is 2.84. The second kappa shape index (κ2) is 6.37. The Balaban J connectivity index is 1.46. The van der Waals surface area contributed by atoms with E-state index >= 15 is 0 Å². The highest BCUT2D eigenvalue weighted by Crippen LogP contribution is 2.30. The molecule has 0 radical (unpaired) electrons. The van der Waals surface area contributed by atoms with Crippen molar-refractivity contribution in [2.24, 2.45) is 0 Å². The number of rotatable bonds is 3. The summed E-state index contributed by atoms with van der Waals surface area (Å²) >= 11 is 1.54. The van der Waals surface area contributed by atoms with Crippen LogP contribution in [-0.4, -0.2) is 46.1 Å². The summed E-state index contributed by atoms with van der Waals surface area (Å²) in [6.45, 7) is 1.36. The van der Waals surface area contributed by atoms with E-state index in [-0.39, 0.29) is 18.1 Å². The van der Waals surface area contributed by atoms with Crippen molar-refractivity contribution in [2.45, 2.75) is 37.8 Å².